The van der Waals surface area contributed by atoms with E-state index in [0.29, 0.717) is 10.1 Å². The summed E-state index contributed by atoms with van der Waals surface area (Å²) in [7, 11) is 0. The molecule has 10 nitrogen and oxygen atoms in total. The molecule has 0 fully saturated rings. The van der Waals surface area contributed by atoms with Gasteiger partial charge in [0.2, 0.25) is 5.88 Å². The van der Waals surface area contributed by atoms with Gasteiger partial charge in [-0.05, 0) is 25.0 Å². The van der Waals surface area contributed by atoms with Crippen LogP contribution in [0, 0.1) is 6.92 Å². The van der Waals surface area contributed by atoms with Crippen LogP contribution in [0.15, 0.2) is 32.6 Å². The highest BCUT2D eigenvalue weighted by Crippen LogP contribution is 2.37. The average molecular weight is 454 g/mol. The summed E-state index contributed by atoms with van der Waals surface area (Å²) in [5.41, 5.74) is -1.27. The van der Waals surface area contributed by atoms with E-state index in [1.165, 1.54) is 25.1 Å². The number of halogens is 2. The fourth-order valence-corrected chi connectivity index (χ4v) is 3.23. The van der Waals surface area contributed by atoms with Gasteiger partial charge in [0.25, 0.3) is 11.1 Å². The minimum atomic E-state index is -0.863. The van der Waals surface area contributed by atoms with Crippen molar-refractivity contribution < 1.29 is 9.84 Å². The molecule has 0 radical (unpaired) electrons. The van der Waals surface area contributed by atoms with E-state index in [1.54, 1.807) is 0 Å². The number of aliphatic hydroxyl groups excluding tert-OH is 1. The lowest BCUT2D eigenvalue weighted by Crippen LogP contribution is -2.42. The van der Waals surface area contributed by atoms with Crippen LogP contribution in [0.2, 0.25) is 10.0 Å². The van der Waals surface area contributed by atoms with Crippen LogP contribution in [0.1, 0.15) is 31.0 Å². The van der Waals surface area contributed by atoms with Crippen LogP contribution in [0.3, 0.4) is 0 Å². The van der Waals surface area contributed by atoms with Crippen LogP contribution in [-0.2, 0) is 6.73 Å². The van der Waals surface area contributed by atoms with Crippen LogP contribution in [-0.4, -0.2) is 29.7 Å². The average Bonchev–Trinajstić information content (AvgIpc) is 2.68. The molecule has 0 atom stereocenters. The Morgan fingerprint density at radius 1 is 1.17 bits per heavy atom. The van der Waals surface area contributed by atoms with Crippen molar-refractivity contribution >= 4 is 23.2 Å². The molecule has 0 saturated carbocycles. The summed E-state index contributed by atoms with van der Waals surface area (Å²) in [5.74, 6) is 0.0715. The van der Waals surface area contributed by atoms with Gasteiger partial charge < -0.3 is 9.84 Å². The van der Waals surface area contributed by atoms with Crippen LogP contribution in [0.4, 0.5) is 0 Å². The second-order valence-electron chi connectivity index (χ2n) is 6.64. The second kappa shape index (κ2) is 8.42. The first-order chi connectivity index (χ1) is 14.1. The van der Waals surface area contributed by atoms with E-state index in [9.17, 15) is 19.5 Å². The molecular formula is C18H17Cl2N5O5. The summed E-state index contributed by atoms with van der Waals surface area (Å²) in [6.45, 7) is 4.29. The Morgan fingerprint density at radius 3 is 2.37 bits per heavy atom. The molecule has 0 aliphatic rings. The number of aromatic nitrogens is 5. The molecule has 2 N–H and O–H groups in total. The maximum Gasteiger partial charge on any atom is 0.354 e. The largest absolute Gasteiger partial charge is 0.434 e. The van der Waals surface area contributed by atoms with Gasteiger partial charge in [0.05, 0.1) is 15.7 Å². The fraction of sp³-hybridized carbons (Fsp3) is 0.278. The Kier molecular flexibility index (Phi) is 6.11. The molecule has 3 aromatic rings. The number of hydrogen-bond acceptors (Lipinski definition) is 7. The van der Waals surface area contributed by atoms with Crippen molar-refractivity contribution in [3.8, 4) is 17.3 Å². The van der Waals surface area contributed by atoms with E-state index in [1.807, 2.05) is 13.8 Å². The van der Waals surface area contributed by atoms with Gasteiger partial charge in [-0.2, -0.15) is 9.78 Å². The zero-order chi connectivity index (χ0) is 22.2. The lowest BCUT2D eigenvalue weighted by molar-refractivity contribution is 0.196. The van der Waals surface area contributed by atoms with Gasteiger partial charge in [0.1, 0.15) is 12.4 Å². The third kappa shape index (κ3) is 4.02. The van der Waals surface area contributed by atoms with Gasteiger partial charge in [-0.1, -0.05) is 37.0 Å². The van der Waals surface area contributed by atoms with E-state index in [-0.39, 0.29) is 44.5 Å². The van der Waals surface area contributed by atoms with Crippen LogP contribution < -0.4 is 21.5 Å². The van der Waals surface area contributed by atoms with E-state index in [2.05, 4.69) is 15.3 Å². The van der Waals surface area contributed by atoms with Crippen molar-refractivity contribution in [2.45, 2.75) is 33.4 Å². The van der Waals surface area contributed by atoms with Crippen molar-refractivity contribution in [2.24, 2.45) is 0 Å². The standard InChI is InChI=1S/C18H17Cl2N5O5/c1-8(2)11-6-14(21-22-16(11)27)30-15-12(19)4-10(5-13(15)20)25-18(29)24(7-26)17(28)9(3)23-25/h4-6,8,26H,7H2,1-3H3,(H,22,27). The topological polar surface area (TPSA) is 132 Å². The van der Waals surface area contributed by atoms with Crippen molar-refractivity contribution in [2.75, 3.05) is 0 Å². The lowest BCUT2D eigenvalue weighted by Gasteiger charge is -2.13. The normalized spacial score (nSPS) is 11.2. The zero-order valence-electron chi connectivity index (χ0n) is 16.1. The SMILES string of the molecule is Cc1nn(-c2cc(Cl)c(Oc3cc(C(C)C)c(=O)[nH]n3)c(Cl)c2)c(=O)n(CO)c1=O. The predicted octanol–water partition coefficient (Wildman–Crippen LogP) is 1.96. The molecule has 0 spiro atoms. The number of benzene rings is 1. The van der Waals surface area contributed by atoms with E-state index < -0.39 is 18.0 Å². The summed E-state index contributed by atoms with van der Waals surface area (Å²) in [6.07, 6.45) is 0. The van der Waals surface area contributed by atoms with Crippen molar-refractivity contribution in [3.05, 3.63) is 70.7 Å². The molecule has 0 aliphatic heterocycles. The molecule has 0 bridgehead atoms. The van der Waals surface area contributed by atoms with Crippen molar-refractivity contribution in [1.29, 1.82) is 0 Å². The first-order valence-electron chi connectivity index (χ1n) is 8.72. The molecule has 0 unspecified atom stereocenters. The molecule has 0 aliphatic carbocycles. The molecule has 0 amide bonds. The Hall–Kier alpha value is -2.95. The number of nitrogens with zero attached hydrogens (tertiary/aromatic N) is 4. The number of nitrogens with one attached hydrogen (secondary N) is 1. The van der Waals surface area contributed by atoms with E-state index in [0.717, 1.165) is 4.68 Å². The maximum atomic E-state index is 12.4. The smallest absolute Gasteiger partial charge is 0.354 e. The van der Waals surface area contributed by atoms with Crippen LogP contribution >= 0.6 is 23.2 Å². The molecule has 0 saturated heterocycles. The fourth-order valence-electron chi connectivity index (χ4n) is 2.68. The third-order valence-electron chi connectivity index (χ3n) is 4.22. The van der Waals surface area contributed by atoms with Crippen molar-refractivity contribution in [1.82, 2.24) is 24.5 Å². The highest BCUT2D eigenvalue weighted by Gasteiger charge is 2.17. The maximum absolute atomic E-state index is 12.4. The highest BCUT2D eigenvalue weighted by atomic mass is 35.5. The summed E-state index contributed by atoms with van der Waals surface area (Å²) in [6, 6.07) is 4.20. The van der Waals surface area contributed by atoms with Gasteiger partial charge in [0, 0.05) is 11.6 Å². The Bertz CT molecular complexity index is 1270. The first-order valence-corrected chi connectivity index (χ1v) is 9.48. The van der Waals surface area contributed by atoms with Gasteiger partial charge in [-0.25, -0.2) is 14.5 Å². The molecule has 2 heterocycles. The zero-order valence-corrected chi connectivity index (χ0v) is 17.7. The molecule has 12 heteroatoms. The number of ether oxygens (including phenoxy) is 1. The monoisotopic (exact) mass is 453 g/mol. The quantitative estimate of drug-likeness (QED) is 0.602. The molecule has 3 rings (SSSR count). The first kappa shape index (κ1) is 21.8. The molecular weight excluding hydrogens is 437 g/mol. The number of rotatable bonds is 5. The molecule has 1 aromatic carbocycles. The minimum absolute atomic E-state index is 0.00474. The number of hydrogen-bond donors (Lipinski definition) is 2. The van der Waals surface area contributed by atoms with Gasteiger partial charge in [-0.15, -0.1) is 5.10 Å². The third-order valence-corrected chi connectivity index (χ3v) is 4.78. The summed E-state index contributed by atoms with van der Waals surface area (Å²) < 4.78 is 7.16. The molecule has 30 heavy (non-hydrogen) atoms. The Morgan fingerprint density at radius 2 is 1.80 bits per heavy atom. The van der Waals surface area contributed by atoms with E-state index in [4.69, 9.17) is 27.9 Å². The summed E-state index contributed by atoms with van der Waals surface area (Å²) in [4.78, 5) is 36.2. The molecule has 158 valence electrons. The van der Waals surface area contributed by atoms with Gasteiger partial charge in [0.15, 0.2) is 5.75 Å². The predicted molar refractivity (Wildman–Crippen MR) is 110 cm³/mol. The Labute approximate surface area is 179 Å². The summed E-state index contributed by atoms with van der Waals surface area (Å²) >= 11 is 12.6. The number of H-pyrrole nitrogens is 1. The number of aromatic amines is 1. The van der Waals surface area contributed by atoms with Crippen LogP contribution in [0.5, 0.6) is 11.6 Å². The number of aryl methyl sites for hydroxylation is 1. The van der Waals surface area contributed by atoms with Gasteiger partial charge >= 0.3 is 5.69 Å². The molecule has 2 aromatic heterocycles. The van der Waals surface area contributed by atoms with Crippen LogP contribution in [0.25, 0.3) is 5.69 Å². The summed E-state index contributed by atoms with van der Waals surface area (Å²) in [5, 5.41) is 19.5. The Balaban J connectivity index is 2.07. The highest BCUT2D eigenvalue weighted by molar-refractivity contribution is 6.37. The van der Waals surface area contributed by atoms with E-state index >= 15 is 0 Å². The minimum Gasteiger partial charge on any atom is -0.434 e. The van der Waals surface area contributed by atoms with Crippen molar-refractivity contribution in [3.63, 3.8) is 0 Å². The number of aliphatic hydroxyl groups is 1. The lowest BCUT2D eigenvalue weighted by atomic mass is 10.1. The van der Waals surface area contributed by atoms with Gasteiger partial charge in [-0.3, -0.25) is 9.59 Å². The second-order valence-corrected chi connectivity index (χ2v) is 7.45.